The molecule has 0 aromatic carbocycles. The average Bonchev–Trinajstić information content (AvgIpc) is 2.63. The maximum absolute atomic E-state index is 12.5. The smallest absolute Gasteiger partial charge is 0.312 e. The van der Waals surface area contributed by atoms with Gasteiger partial charge in [-0.1, -0.05) is 13.8 Å². The summed E-state index contributed by atoms with van der Waals surface area (Å²) >= 11 is 0. The summed E-state index contributed by atoms with van der Waals surface area (Å²) in [4.78, 5) is 12.5. The Balaban J connectivity index is 1.90. The zero-order valence-electron chi connectivity index (χ0n) is 11.7. The van der Waals surface area contributed by atoms with Gasteiger partial charge in [0.05, 0.1) is 5.41 Å². The number of hydrogen-bond acceptors (Lipinski definition) is 2. The molecule has 96 valence electrons. The molecule has 4 aliphatic rings. The maximum atomic E-state index is 12.5. The number of rotatable bonds is 1. The molecule has 0 amide bonds. The van der Waals surface area contributed by atoms with Crippen molar-refractivity contribution in [2.24, 2.45) is 22.2 Å². The monoisotopic (exact) mass is 236 g/mol. The summed E-state index contributed by atoms with van der Waals surface area (Å²) in [5, 5.41) is 0. The van der Waals surface area contributed by atoms with Gasteiger partial charge in [0.1, 0.15) is 5.60 Å². The van der Waals surface area contributed by atoms with Gasteiger partial charge in [-0.15, -0.1) is 0 Å². The van der Waals surface area contributed by atoms with Gasteiger partial charge in [0.2, 0.25) is 0 Å². The van der Waals surface area contributed by atoms with Crippen molar-refractivity contribution in [3.05, 3.63) is 0 Å². The van der Waals surface area contributed by atoms with Crippen LogP contribution in [0.3, 0.4) is 0 Å². The fourth-order valence-corrected chi connectivity index (χ4v) is 5.05. The van der Waals surface area contributed by atoms with Gasteiger partial charge >= 0.3 is 5.97 Å². The van der Waals surface area contributed by atoms with Crippen LogP contribution in [0.4, 0.5) is 0 Å². The minimum absolute atomic E-state index is 0.0833. The van der Waals surface area contributed by atoms with Crippen molar-refractivity contribution < 1.29 is 9.53 Å². The van der Waals surface area contributed by atoms with Crippen molar-refractivity contribution in [2.45, 2.75) is 65.9 Å². The molecule has 2 unspecified atom stereocenters. The minimum atomic E-state index is -0.349. The molecule has 4 rings (SSSR count). The average molecular weight is 236 g/mol. The van der Waals surface area contributed by atoms with E-state index in [-0.39, 0.29) is 17.0 Å². The van der Waals surface area contributed by atoms with E-state index in [1.807, 2.05) is 20.8 Å². The second-order valence-electron chi connectivity index (χ2n) is 8.24. The summed E-state index contributed by atoms with van der Waals surface area (Å²) in [6.07, 6.45) is 4.61. The first-order valence-electron chi connectivity index (χ1n) is 6.84. The van der Waals surface area contributed by atoms with Gasteiger partial charge in [0.15, 0.2) is 0 Å². The van der Waals surface area contributed by atoms with Crippen molar-refractivity contribution >= 4 is 5.97 Å². The van der Waals surface area contributed by atoms with Crippen molar-refractivity contribution in [1.29, 1.82) is 0 Å². The van der Waals surface area contributed by atoms with E-state index >= 15 is 0 Å². The zero-order valence-corrected chi connectivity index (χ0v) is 11.7. The van der Waals surface area contributed by atoms with Gasteiger partial charge in [-0.2, -0.15) is 0 Å². The summed E-state index contributed by atoms with van der Waals surface area (Å²) < 4.78 is 5.69. The van der Waals surface area contributed by atoms with Crippen LogP contribution in [0, 0.1) is 22.2 Å². The predicted octanol–water partition coefficient (Wildman–Crippen LogP) is 3.54. The van der Waals surface area contributed by atoms with Gasteiger partial charge in [-0.25, -0.2) is 0 Å². The lowest BCUT2D eigenvalue weighted by molar-refractivity contribution is -0.168. The highest BCUT2D eigenvalue weighted by molar-refractivity contribution is 5.80. The largest absolute Gasteiger partial charge is 0.460 e. The summed E-state index contributed by atoms with van der Waals surface area (Å²) in [7, 11) is 0. The van der Waals surface area contributed by atoms with Crippen LogP contribution in [-0.2, 0) is 9.53 Å². The van der Waals surface area contributed by atoms with E-state index in [4.69, 9.17) is 4.74 Å². The number of ether oxygens (including phenoxy) is 1. The topological polar surface area (TPSA) is 26.3 Å². The third-order valence-electron chi connectivity index (χ3n) is 5.85. The number of hydrogen-bond donors (Lipinski definition) is 0. The van der Waals surface area contributed by atoms with Crippen molar-refractivity contribution in [1.82, 2.24) is 0 Å². The van der Waals surface area contributed by atoms with Crippen LogP contribution in [0.25, 0.3) is 0 Å². The van der Waals surface area contributed by atoms with E-state index < -0.39 is 0 Å². The van der Waals surface area contributed by atoms with Gasteiger partial charge < -0.3 is 4.74 Å². The Morgan fingerprint density at radius 3 is 1.88 bits per heavy atom. The Bertz CT molecular complexity index is 372. The second kappa shape index (κ2) is 2.73. The molecule has 0 aromatic rings. The number of esters is 1. The predicted molar refractivity (Wildman–Crippen MR) is 66.5 cm³/mol. The molecule has 0 aromatic heterocycles. The van der Waals surface area contributed by atoms with Crippen LogP contribution < -0.4 is 0 Å². The van der Waals surface area contributed by atoms with Crippen LogP contribution in [-0.4, -0.2) is 11.6 Å². The number of carbonyl (C=O) groups is 1. The van der Waals surface area contributed by atoms with Gasteiger partial charge in [-0.05, 0) is 63.2 Å². The zero-order chi connectivity index (χ0) is 12.7. The molecule has 4 bridgehead atoms. The van der Waals surface area contributed by atoms with Gasteiger partial charge in [0, 0.05) is 0 Å². The lowest BCUT2D eigenvalue weighted by Crippen LogP contribution is -2.37. The summed E-state index contributed by atoms with van der Waals surface area (Å²) in [5.41, 5.74) is 0.318. The first-order valence-corrected chi connectivity index (χ1v) is 6.84. The fourth-order valence-electron chi connectivity index (χ4n) is 5.05. The minimum Gasteiger partial charge on any atom is -0.460 e. The highest BCUT2D eigenvalue weighted by Crippen LogP contribution is 2.81. The van der Waals surface area contributed by atoms with E-state index in [9.17, 15) is 4.79 Å². The van der Waals surface area contributed by atoms with E-state index in [1.165, 1.54) is 12.8 Å². The quantitative estimate of drug-likeness (QED) is 0.651. The highest BCUT2D eigenvalue weighted by Gasteiger charge is 2.77. The lowest BCUT2D eigenvalue weighted by Gasteiger charge is -2.33. The third kappa shape index (κ3) is 1.25. The van der Waals surface area contributed by atoms with Crippen molar-refractivity contribution in [2.75, 3.05) is 0 Å². The van der Waals surface area contributed by atoms with Crippen LogP contribution in [0.2, 0.25) is 0 Å². The van der Waals surface area contributed by atoms with Crippen molar-refractivity contribution in [3.8, 4) is 0 Å². The van der Waals surface area contributed by atoms with E-state index in [0.29, 0.717) is 16.7 Å². The van der Waals surface area contributed by atoms with Gasteiger partial charge in [-0.3, -0.25) is 4.79 Å². The molecule has 2 atom stereocenters. The Hall–Kier alpha value is -0.530. The summed E-state index contributed by atoms with van der Waals surface area (Å²) in [6.45, 7) is 10.7. The molecule has 2 nitrogen and oxygen atoms in total. The maximum Gasteiger partial charge on any atom is 0.312 e. The first kappa shape index (κ1) is 11.6. The Kier molecular flexibility index (Phi) is 1.85. The third-order valence-corrected chi connectivity index (χ3v) is 5.85. The van der Waals surface area contributed by atoms with Crippen LogP contribution in [0.15, 0.2) is 0 Å². The Labute approximate surface area is 104 Å². The summed E-state index contributed by atoms with van der Waals surface area (Å²) in [5.74, 6) is 0.673. The van der Waals surface area contributed by atoms with E-state index in [2.05, 4.69) is 13.8 Å². The molecule has 0 spiro atoms. The Morgan fingerprint density at radius 2 is 1.59 bits per heavy atom. The van der Waals surface area contributed by atoms with Crippen LogP contribution in [0.5, 0.6) is 0 Å². The molecule has 0 saturated heterocycles. The lowest BCUT2D eigenvalue weighted by atomic mass is 9.71. The molecule has 4 saturated carbocycles. The molecule has 0 radical (unpaired) electrons. The van der Waals surface area contributed by atoms with Gasteiger partial charge in [0.25, 0.3) is 0 Å². The summed E-state index contributed by atoms with van der Waals surface area (Å²) in [6, 6.07) is 0. The SMILES string of the molecule is CC(C)(C)OC(=O)C12CC3(C)CC1CC3(C)C2. The van der Waals surface area contributed by atoms with Crippen LogP contribution >= 0.6 is 0 Å². The number of carbonyl (C=O) groups excluding carboxylic acids is 1. The van der Waals surface area contributed by atoms with Crippen molar-refractivity contribution in [3.63, 3.8) is 0 Å². The van der Waals surface area contributed by atoms with E-state index in [0.717, 1.165) is 12.8 Å². The molecule has 4 aliphatic carbocycles. The molecule has 2 heteroatoms. The molecule has 0 heterocycles. The second-order valence-corrected chi connectivity index (χ2v) is 8.24. The van der Waals surface area contributed by atoms with E-state index in [1.54, 1.807) is 0 Å². The highest BCUT2D eigenvalue weighted by atomic mass is 16.6. The molecule has 4 fully saturated rings. The molecule has 0 aliphatic heterocycles. The van der Waals surface area contributed by atoms with Crippen LogP contribution in [0.1, 0.15) is 60.3 Å². The Morgan fingerprint density at radius 1 is 1.12 bits per heavy atom. The molecular weight excluding hydrogens is 212 g/mol. The normalized spacial score (nSPS) is 51.2. The molecular formula is C15H24O2. The molecule has 0 N–H and O–H groups in total. The fraction of sp³-hybridized carbons (Fsp3) is 0.933. The first-order chi connectivity index (χ1) is 7.60. The standard InChI is InChI=1S/C15H24O2/c1-12(2,3)17-11(16)15-8-13(4)6-10(15)7-14(13,5)9-15/h10H,6-9H2,1-5H3. The molecule has 17 heavy (non-hydrogen) atoms.